The first-order chi connectivity index (χ1) is 10.1. The molecule has 4 fully saturated rings. The average Bonchev–Trinajstić information content (AvgIpc) is 2.87. The summed E-state index contributed by atoms with van der Waals surface area (Å²) >= 11 is 0. The molecule has 0 aromatic carbocycles. The standard InChI is InChI=1S/C15H21FN4O/c1-10-6-14(17-8-13(10)16)19-20-18-9-15(21-20)7-11-2-4-12(15)5-3-11/h6,8,11-12,18H,2-5,7,9H2,1H3,(H,17,19)/t11?,12?,15-/m0/s1. The highest BCUT2D eigenvalue weighted by Gasteiger charge is 2.52. The first-order valence-electron chi connectivity index (χ1n) is 7.76. The average molecular weight is 292 g/mol. The van der Waals surface area contributed by atoms with Crippen LogP contribution >= 0.6 is 0 Å². The molecular formula is C15H21FN4O. The van der Waals surface area contributed by atoms with Gasteiger partial charge in [0.2, 0.25) is 0 Å². The third-order valence-electron chi connectivity index (χ3n) is 5.28. The number of nitrogens with one attached hydrogen (secondary N) is 2. The van der Waals surface area contributed by atoms with Crippen molar-refractivity contribution < 1.29 is 9.23 Å². The highest BCUT2D eigenvalue weighted by atomic mass is 19.1. The minimum absolute atomic E-state index is 0.0662. The fourth-order valence-corrected chi connectivity index (χ4v) is 4.10. The summed E-state index contributed by atoms with van der Waals surface area (Å²) in [5.41, 5.74) is 6.81. The molecule has 1 atom stereocenters. The predicted octanol–water partition coefficient (Wildman–Crippen LogP) is 2.56. The van der Waals surface area contributed by atoms with Gasteiger partial charge in [-0.2, -0.15) is 0 Å². The number of hydrogen-bond donors (Lipinski definition) is 2. The van der Waals surface area contributed by atoms with E-state index in [2.05, 4.69) is 15.8 Å². The largest absolute Gasteiger partial charge is 0.265 e. The van der Waals surface area contributed by atoms with Crippen LogP contribution in [0.4, 0.5) is 10.2 Å². The van der Waals surface area contributed by atoms with Crippen LogP contribution in [0, 0.1) is 24.6 Å². The number of aryl methyl sites for hydroxylation is 1. The summed E-state index contributed by atoms with van der Waals surface area (Å²) in [6, 6.07) is 1.68. The second kappa shape index (κ2) is 4.90. The molecule has 6 heteroatoms. The van der Waals surface area contributed by atoms with E-state index in [0.29, 0.717) is 17.3 Å². The molecule has 3 saturated carbocycles. The Balaban J connectivity index is 1.45. The van der Waals surface area contributed by atoms with Gasteiger partial charge in [-0.1, -0.05) is 0 Å². The van der Waals surface area contributed by atoms with Crippen molar-refractivity contribution in [3.8, 4) is 0 Å². The third kappa shape index (κ3) is 2.31. The molecule has 4 aliphatic rings. The molecule has 0 unspecified atom stereocenters. The van der Waals surface area contributed by atoms with E-state index in [4.69, 9.17) is 4.84 Å². The first kappa shape index (κ1) is 13.4. The highest BCUT2D eigenvalue weighted by Crippen LogP contribution is 2.50. The van der Waals surface area contributed by atoms with Gasteiger partial charge in [-0.3, -0.25) is 10.3 Å². The summed E-state index contributed by atoms with van der Waals surface area (Å²) in [6.45, 7) is 2.56. The van der Waals surface area contributed by atoms with Gasteiger partial charge in [-0.15, -0.1) is 0 Å². The Labute approximate surface area is 123 Å². The zero-order valence-corrected chi connectivity index (χ0v) is 12.2. The quantitative estimate of drug-likeness (QED) is 0.877. The number of hydrogen-bond acceptors (Lipinski definition) is 5. The molecule has 2 bridgehead atoms. The third-order valence-corrected chi connectivity index (χ3v) is 5.28. The Bertz CT molecular complexity index is 546. The van der Waals surface area contributed by atoms with Crippen LogP contribution in [0.5, 0.6) is 0 Å². The molecule has 2 N–H and O–H groups in total. The van der Waals surface area contributed by atoms with Crippen molar-refractivity contribution >= 4 is 5.82 Å². The van der Waals surface area contributed by atoms with Crippen LogP contribution in [0.3, 0.4) is 0 Å². The van der Waals surface area contributed by atoms with E-state index in [-0.39, 0.29) is 11.4 Å². The first-order valence-corrected chi connectivity index (χ1v) is 7.76. The van der Waals surface area contributed by atoms with E-state index in [1.165, 1.54) is 31.9 Å². The monoisotopic (exact) mass is 292 g/mol. The number of halogens is 1. The lowest BCUT2D eigenvalue weighted by Gasteiger charge is -2.47. The molecule has 114 valence electrons. The molecule has 1 aromatic heterocycles. The van der Waals surface area contributed by atoms with Crippen LogP contribution in [0.1, 0.15) is 37.7 Å². The Morgan fingerprint density at radius 3 is 2.90 bits per heavy atom. The highest BCUT2D eigenvalue weighted by molar-refractivity contribution is 5.36. The summed E-state index contributed by atoms with van der Waals surface area (Å²) in [6.07, 6.45) is 7.61. The summed E-state index contributed by atoms with van der Waals surface area (Å²) in [5, 5.41) is 1.56. The lowest BCUT2D eigenvalue weighted by molar-refractivity contribution is -0.235. The van der Waals surface area contributed by atoms with Crippen molar-refractivity contribution in [1.29, 1.82) is 0 Å². The van der Waals surface area contributed by atoms with Gasteiger partial charge >= 0.3 is 0 Å². The SMILES string of the molecule is Cc1cc(NN2NC[C@]3(CC4CCC3CC4)O2)ncc1F. The number of nitrogens with zero attached hydrogens (tertiary/aromatic N) is 2. The Hall–Kier alpha value is -1.24. The van der Waals surface area contributed by atoms with Gasteiger partial charge in [0.1, 0.15) is 17.2 Å². The maximum absolute atomic E-state index is 13.2. The van der Waals surface area contributed by atoms with Gasteiger partial charge in [0.25, 0.3) is 0 Å². The lowest BCUT2D eigenvalue weighted by Crippen LogP contribution is -2.50. The van der Waals surface area contributed by atoms with Gasteiger partial charge in [0, 0.05) is 6.54 Å². The summed E-state index contributed by atoms with van der Waals surface area (Å²) < 4.78 is 13.2. The Kier molecular flexibility index (Phi) is 3.13. The summed E-state index contributed by atoms with van der Waals surface area (Å²) in [5.74, 6) is 1.74. The van der Waals surface area contributed by atoms with E-state index < -0.39 is 0 Å². The van der Waals surface area contributed by atoms with Crippen molar-refractivity contribution in [2.75, 3.05) is 12.0 Å². The van der Waals surface area contributed by atoms with Crippen LogP contribution in [0.25, 0.3) is 0 Å². The molecule has 21 heavy (non-hydrogen) atoms. The predicted molar refractivity (Wildman–Crippen MR) is 76.3 cm³/mol. The molecular weight excluding hydrogens is 271 g/mol. The fraction of sp³-hybridized carbons (Fsp3) is 0.667. The number of fused-ring (bicyclic) bond motifs is 2. The van der Waals surface area contributed by atoms with Gasteiger partial charge < -0.3 is 0 Å². The van der Waals surface area contributed by atoms with Crippen LogP contribution in [-0.2, 0) is 4.84 Å². The summed E-state index contributed by atoms with van der Waals surface area (Å²) in [4.78, 5) is 10.2. The van der Waals surface area contributed by atoms with Gasteiger partial charge in [0.15, 0.2) is 0 Å². The van der Waals surface area contributed by atoms with E-state index in [0.717, 1.165) is 18.9 Å². The van der Waals surface area contributed by atoms with Gasteiger partial charge in [-0.25, -0.2) is 14.8 Å². The molecule has 1 saturated heterocycles. The minimum atomic E-state index is -0.295. The van der Waals surface area contributed by atoms with Crippen molar-refractivity contribution in [1.82, 2.24) is 15.7 Å². The molecule has 3 aliphatic carbocycles. The maximum Gasteiger partial charge on any atom is 0.144 e. The fourth-order valence-electron chi connectivity index (χ4n) is 4.10. The lowest BCUT2D eigenvalue weighted by atomic mass is 9.62. The van der Waals surface area contributed by atoms with Crippen LogP contribution in [0.15, 0.2) is 12.3 Å². The Morgan fingerprint density at radius 2 is 2.24 bits per heavy atom. The van der Waals surface area contributed by atoms with Crippen molar-refractivity contribution in [3.05, 3.63) is 23.6 Å². The van der Waals surface area contributed by atoms with Gasteiger partial charge in [-0.05, 0) is 67.8 Å². The zero-order valence-electron chi connectivity index (χ0n) is 12.2. The van der Waals surface area contributed by atoms with Gasteiger partial charge in [0.05, 0.1) is 6.20 Å². The van der Waals surface area contributed by atoms with Crippen LogP contribution in [0.2, 0.25) is 0 Å². The second-order valence-electron chi connectivity index (χ2n) is 6.64. The van der Waals surface area contributed by atoms with E-state index in [9.17, 15) is 4.39 Å². The number of pyridine rings is 1. The molecule has 2 heterocycles. The Morgan fingerprint density at radius 1 is 1.43 bits per heavy atom. The topological polar surface area (TPSA) is 49.4 Å². The van der Waals surface area contributed by atoms with E-state index >= 15 is 0 Å². The zero-order chi connectivity index (χ0) is 14.4. The van der Waals surface area contributed by atoms with E-state index in [1.54, 1.807) is 18.3 Å². The molecule has 5 nitrogen and oxygen atoms in total. The van der Waals surface area contributed by atoms with Crippen molar-refractivity contribution in [2.45, 2.75) is 44.6 Å². The normalized spacial score (nSPS) is 35.5. The summed E-state index contributed by atoms with van der Waals surface area (Å²) in [7, 11) is 0. The number of anilines is 1. The minimum Gasteiger partial charge on any atom is -0.265 e. The number of aromatic nitrogens is 1. The number of rotatable bonds is 2. The molecule has 0 amide bonds. The van der Waals surface area contributed by atoms with E-state index in [1.807, 2.05) is 0 Å². The molecule has 5 rings (SSSR count). The van der Waals surface area contributed by atoms with Crippen LogP contribution in [-0.4, -0.2) is 22.4 Å². The van der Waals surface area contributed by atoms with Crippen molar-refractivity contribution in [2.24, 2.45) is 11.8 Å². The smallest absolute Gasteiger partial charge is 0.144 e. The molecule has 1 spiro atoms. The van der Waals surface area contributed by atoms with Crippen LogP contribution < -0.4 is 10.9 Å². The molecule has 1 aromatic rings. The molecule has 1 aliphatic heterocycles. The number of hydrazine groups is 2. The maximum atomic E-state index is 13.2. The second-order valence-corrected chi connectivity index (χ2v) is 6.64. The molecule has 0 radical (unpaired) electrons. The van der Waals surface area contributed by atoms with Crippen molar-refractivity contribution in [3.63, 3.8) is 0 Å².